The molecule has 0 saturated heterocycles. The third-order valence-corrected chi connectivity index (χ3v) is 4.52. The van der Waals surface area contributed by atoms with Crippen molar-refractivity contribution in [1.82, 2.24) is 24.5 Å². The number of rotatable bonds is 5. The minimum absolute atomic E-state index is 0.106. The van der Waals surface area contributed by atoms with Crippen LogP contribution in [-0.2, 0) is 6.54 Å². The molecule has 4 aromatic rings. The SMILES string of the molecule is CC(C)n1ccc(-c2cc(C(=O)NCc3ccncc3)c3ccccn23)n1. The van der Waals surface area contributed by atoms with Gasteiger partial charge in [-0.05, 0) is 55.8 Å². The van der Waals surface area contributed by atoms with Crippen molar-refractivity contribution in [1.29, 1.82) is 0 Å². The number of carbonyl (C=O) groups is 1. The average molecular weight is 359 g/mol. The molecule has 0 aliphatic rings. The van der Waals surface area contributed by atoms with Crippen LogP contribution in [0.2, 0.25) is 0 Å². The molecule has 4 rings (SSSR count). The summed E-state index contributed by atoms with van der Waals surface area (Å²) in [5.74, 6) is -0.106. The van der Waals surface area contributed by atoms with Gasteiger partial charge in [-0.25, -0.2) is 0 Å². The van der Waals surface area contributed by atoms with Gasteiger partial charge < -0.3 is 9.72 Å². The number of nitrogens with one attached hydrogen (secondary N) is 1. The quantitative estimate of drug-likeness (QED) is 0.591. The van der Waals surface area contributed by atoms with E-state index < -0.39 is 0 Å². The lowest BCUT2D eigenvalue weighted by molar-refractivity contribution is 0.0952. The molecular weight excluding hydrogens is 338 g/mol. The zero-order valence-corrected chi connectivity index (χ0v) is 15.3. The van der Waals surface area contributed by atoms with Crippen molar-refractivity contribution in [3.05, 3.63) is 78.4 Å². The molecule has 4 heterocycles. The highest BCUT2D eigenvalue weighted by Crippen LogP contribution is 2.25. The number of hydrogen-bond donors (Lipinski definition) is 1. The molecule has 136 valence electrons. The molecule has 27 heavy (non-hydrogen) atoms. The standard InChI is InChI=1S/C21H21N5O/c1-15(2)26-12-8-18(24-26)20-13-17(19-5-3-4-11-25(19)20)21(27)23-14-16-6-9-22-10-7-16/h3-13,15H,14H2,1-2H3,(H,23,27). The van der Waals surface area contributed by atoms with Crippen molar-refractivity contribution in [3.63, 3.8) is 0 Å². The molecular formula is C21H21N5O. The largest absolute Gasteiger partial charge is 0.348 e. The Kier molecular flexibility index (Phi) is 4.46. The fourth-order valence-electron chi connectivity index (χ4n) is 3.07. The fourth-order valence-corrected chi connectivity index (χ4v) is 3.07. The van der Waals surface area contributed by atoms with Crippen LogP contribution in [0.4, 0.5) is 0 Å². The number of nitrogens with zero attached hydrogens (tertiary/aromatic N) is 4. The number of aromatic nitrogens is 4. The lowest BCUT2D eigenvalue weighted by Crippen LogP contribution is -2.22. The molecule has 0 spiro atoms. The zero-order chi connectivity index (χ0) is 18.8. The third kappa shape index (κ3) is 3.33. The first-order chi connectivity index (χ1) is 13.1. The molecule has 1 amide bonds. The topological polar surface area (TPSA) is 64.2 Å². The van der Waals surface area contributed by atoms with E-state index >= 15 is 0 Å². The van der Waals surface area contributed by atoms with Crippen molar-refractivity contribution in [2.24, 2.45) is 0 Å². The summed E-state index contributed by atoms with van der Waals surface area (Å²) in [5, 5.41) is 7.64. The monoisotopic (exact) mass is 359 g/mol. The van der Waals surface area contributed by atoms with E-state index in [-0.39, 0.29) is 11.9 Å². The van der Waals surface area contributed by atoms with Crippen LogP contribution in [0, 0.1) is 0 Å². The van der Waals surface area contributed by atoms with Gasteiger partial charge >= 0.3 is 0 Å². The first-order valence-electron chi connectivity index (χ1n) is 8.96. The predicted molar refractivity (Wildman–Crippen MR) is 104 cm³/mol. The van der Waals surface area contributed by atoms with E-state index in [1.165, 1.54) is 0 Å². The van der Waals surface area contributed by atoms with Crippen molar-refractivity contribution in [3.8, 4) is 11.4 Å². The second kappa shape index (κ2) is 7.07. The first-order valence-corrected chi connectivity index (χ1v) is 8.96. The summed E-state index contributed by atoms with van der Waals surface area (Å²) in [6, 6.07) is 13.8. The molecule has 0 aliphatic carbocycles. The van der Waals surface area contributed by atoms with Crippen LogP contribution in [0.25, 0.3) is 16.9 Å². The Bertz CT molecular complexity index is 1080. The molecule has 0 aliphatic heterocycles. The highest BCUT2D eigenvalue weighted by atomic mass is 16.1. The van der Waals surface area contributed by atoms with Gasteiger partial charge in [0.1, 0.15) is 5.69 Å². The Morgan fingerprint density at radius 1 is 1.11 bits per heavy atom. The number of carbonyl (C=O) groups excluding carboxylic acids is 1. The molecule has 0 radical (unpaired) electrons. The van der Waals surface area contributed by atoms with Gasteiger partial charge in [-0.1, -0.05) is 6.07 Å². The van der Waals surface area contributed by atoms with Gasteiger partial charge in [0.25, 0.3) is 5.91 Å². The molecule has 0 bridgehead atoms. The number of fused-ring (bicyclic) bond motifs is 1. The minimum atomic E-state index is -0.106. The molecule has 0 fully saturated rings. The maximum atomic E-state index is 12.8. The van der Waals surface area contributed by atoms with Crippen LogP contribution >= 0.6 is 0 Å². The van der Waals surface area contributed by atoms with Gasteiger partial charge in [-0.3, -0.25) is 14.5 Å². The van der Waals surface area contributed by atoms with Gasteiger partial charge in [0.15, 0.2) is 0 Å². The van der Waals surface area contributed by atoms with Crippen LogP contribution in [0.3, 0.4) is 0 Å². The van der Waals surface area contributed by atoms with Gasteiger partial charge in [-0.15, -0.1) is 0 Å². The summed E-state index contributed by atoms with van der Waals surface area (Å²) in [7, 11) is 0. The van der Waals surface area contributed by atoms with E-state index in [0.29, 0.717) is 12.1 Å². The van der Waals surface area contributed by atoms with Gasteiger partial charge in [0, 0.05) is 37.4 Å². The molecule has 0 unspecified atom stereocenters. The number of hydrogen-bond acceptors (Lipinski definition) is 3. The second-order valence-corrected chi connectivity index (χ2v) is 6.71. The molecule has 4 aromatic heterocycles. The first kappa shape index (κ1) is 17.0. The molecule has 6 heteroatoms. The van der Waals surface area contributed by atoms with Crippen LogP contribution in [0.1, 0.15) is 35.8 Å². The number of amides is 1. The van der Waals surface area contributed by atoms with E-state index in [4.69, 9.17) is 0 Å². The molecule has 6 nitrogen and oxygen atoms in total. The summed E-state index contributed by atoms with van der Waals surface area (Å²) < 4.78 is 3.93. The van der Waals surface area contributed by atoms with Crippen LogP contribution in [-0.4, -0.2) is 25.1 Å². The summed E-state index contributed by atoms with van der Waals surface area (Å²) in [6.45, 7) is 4.64. The Hall–Kier alpha value is -3.41. The smallest absolute Gasteiger partial charge is 0.253 e. The predicted octanol–water partition coefficient (Wildman–Crippen LogP) is 3.71. The van der Waals surface area contributed by atoms with E-state index in [2.05, 4.69) is 29.2 Å². The van der Waals surface area contributed by atoms with Crippen molar-refractivity contribution >= 4 is 11.4 Å². The van der Waals surface area contributed by atoms with Crippen molar-refractivity contribution in [2.45, 2.75) is 26.4 Å². The molecule has 0 atom stereocenters. The summed E-state index contributed by atoms with van der Waals surface area (Å²) in [6.07, 6.45) is 7.36. The highest BCUT2D eigenvalue weighted by molar-refractivity contribution is 6.02. The maximum Gasteiger partial charge on any atom is 0.253 e. The lowest BCUT2D eigenvalue weighted by Gasteiger charge is -2.04. The summed E-state index contributed by atoms with van der Waals surface area (Å²) in [5.41, 5.74) is 4.26. The van der Waals surface area contributed by atoms with Crippen molar-refractivity contribution in [2.75, 3.05) is 0 Å². The zero-order valence-electron chi connectivity index (χ0n) is 15.3. The Morgan fingerprint density at radius 2 is 1.93 bits per heavy atom. The number of pyridine rings is 2. The van der Waals surface area contributed by atoms with Gasteiger partial charge in [0.2, 0.25) is 0 Å². The third-order valence-electron chi connectivity index (χ3n) is 4.52. The van der Waals surface area contributed by atoms with E-state index in [1.807, 2.05) is 63.9 Å². The molecule has 1 N–H and O–H groups in total. The Labute approximate surface area is 157 Å². The Morgan fingerprint density at radius 3 is 2.67 bits per heavy atom. The Balaban J connectivity index is 1.68. The summed E-state index contributed by atoms with van der Waals surface area (Å²) in [4.78, 5) is 16.8. The van der Waals surface area contributed by atoms with Crippen LogP contribution in [0.15, 0.2) is 67.3 Å². The van der Waals surface area contributed by atoms with Crippen molar-refractivity contribution < 1.29 is 4.79 Å². The maximum absolute atomic E-state index is 12.8. The second-order valence-electron chi connectivity index (χ2n) is 6.71. The highest BCUT2D eigenvalue weighted by Gasteiger charge is 2.17. The van der Waals surface area contributed by atoms with E-state index in [0.717, 1.165) is 22.5 Å². The van der Waals surface area contributed by atoms with Crippen LogP contribution in [0.5, 0.6) is 0 Å². The molecule has 0 saturated carbocycles. The fraction of sp³-hybridized carbons (Fsp3) is 0.190. The summed E-state index contributed by atoms with van der Waals surface area (Å²) >= 11 is 0. The minimum Gasteiger partial charge on any atom is -0.348 e. The van der Waals surface area contributed by atoms with Gasteiger partial charge in [0.05, 0.1) is 16.8 Å². The molecule has 0 aromatic carbocycles. The van der Waals surface area contributed by atoms with Gasteiger partial charge in [-0.2, -0.15) is 5.10 Å². The van der Waals surface area contributed by atoms with Crippen LogP contribution < -0.4 is 5.32 Å². The van der Waals surface area contributed by atoms with E-state index in [1.54, 1.807) is 12.4 Å². The van der Waals surface area contributed by atoms with E-state index in [9.17, 15) is 4.79 Å². The normalized spacial score (nSPS) is 11.2. The average Bonchev–Trinajstić information content (AvgIpc) is 3.32. The lowest BCUT2D eigenvalue weighted by atomic mass is 10.2.